The Morgan fingerprint density at radius 2 is 2.06 bits per heavy atom. The van der Waals surface area contributed by atoms with Crippen LogP contribution in [0.25, 0.3) is 0 Å². The number of rotatable bonds is 7. The van der Waals surface area contributed by atoms with Crippen molar-refractivity contribution in [3.8, 4) is 5.75 Å². The van der Waals surface area contributed by atoms with E-state index in [-0.39, 0.29) is 6.10 Å². The lowest BCUT2D eigenvalue weighted by molar-refractivity contribution is 0.0873. The molecule has 0 saturated heterocycles. The van der Waals surface area contributed by atoms with Crippen LogP contribution in [0, 0.1) is 6.92 Å². The number of nitrogens with one attached hydrogen (secondary N) is 1. The highest BCUT2D eigenvalue weighted by Crippen LogP contribution is 2.11. The van der Waals surface area contributed by atoms with Crippen LogP contribution in [0.5, 0.6) is 5.75 Å². The van der Waals surface area contributed by atoms with E-state index in [4.69, 9.17) is 9.47 Å². The summed E-state index contributed by atoms with van der Waals surface area (Å²) in [4.78, 5) is 0. The summed E-state index contributed by atoms with van der Waals surface area (Å²) in [6.45, 7) is 7.72. The summed E-state index contributed by atoms with van der Waals surface area (Å²) >= 11 is 0. The first kappa shape index (κ1) is 14.0. The Labute approximate surface area is 104 Å². The summed E-state index contributed by atoms with van der Waals surface area (Å²) in [5.74, 6) is 0.930. The number of methoxy groups -OCH3 is 1. The zero-order valence-corrected chi connectivity index (χ0v) is 11.2. The molecule has 0 bridgehead atoms. The van der Waals surface area contributed by atoms with Crippen molar-refractivity contribution in [2.75, 3.05) is 20.3 Å². The first-order valence-electron chi connectivity index (χ1n) is 6.09. The molecule has 2 atom stereocenters. The van der Waals surface area contributed by atoms with Crippen LogP contribution in [0.4, 0.5) is 0 Å². The van der Waals surface area contributed by atoms with Crippen LogP contribution in [0.15, 0.2) is 24.3 Å². The van der Waals surface area contributed by atoms with Gasteiger partial charge in [0, 0.05) is 19.7 Å². The third-order valence-corrected chi connectivity index (χ3v) is 2.90. The fourth-order valence-electron chi connectivity index (χ4n) is 1.53. The van der Waals surface area contributed by atoms with Crippen molar-refractivity contribution in [1.29, 1.82) is 0 Å². The molecule has 96 valence electrons. The Morgan fingerprint density at radius 3 is 2.71 bits per heavy atom. The Kier molecular flexibility index (Phi) is 6.01. The lowest BCUT2D eigenvalue weighted by atomic mass is 10.2. The average Bonchev–Trinajstić information content (AvgIpc) is 2.33. The minimum absolute atomic E-state index is 0.217. The van der Waals surface area contributed by atoms with Gasteiger partial charge in [-0.1, -0.05) is 12.1 Å². The molecule has 1 N–H and O–H groups in total. The molecule has 3 heteroatoms. The largest absolute Gasteiger partial charge is 0.492 e. The first-order chi connectivity index (χ1) is 8.13. The smallest absolute Gasteiger partial charge is 0.119 e. The number of hydrogen-bond donors (Lipinski definition) is 1. The predicted molar refractivity (Wildman–Crippen MR) is 70.6 cm³/mol. The van der Waals surface area contributed by atoms with E-state index in [1.165, 1.54) is 5.56 Å². The van der Waals surface area contributed by atoms with Gasteiger partial charge in [0.1, 0.15) is 12.4 Å². The second-order valence-electron chi connectivity index (χ2n) is 4.35. The molecule has 0 saturated carbocycles. The van der Waals surface area contributed by atoms with Gasteiger partial charge in [0.15, 0.2) is 0 Å². The molecule has 0 fully saturated rings. The van der Waals surface area contributed by atoms with Crippen molar-refractivity contribution in [2.24, 2.45) is 0 Å². The van der Waals surface area contributed by atoms with Gasteiger partial charge in [-0.15, -0.1) is 0 Å². The van der Waals surface area contributed by atoms with Crippen LogP contribution < -0.4 is 10.1 Å². The zero-order valence-electron chi connectivity index (χ0n) is 11.2. The number of aryl methyl sites for hydroxylation is 1. The molecule has 1 aromatic carbocycles. The normalized spacial score (nSPS) is 14.4. The Morgan fingerprint density at radius 1 is 1.29 bits per heavy atom. The first-order valence-corrected chi connectivity index (χ1v) is 6.09. The molecule has 0 aliphatic carbocycles. The van der Waals surface area contributed by atoms with E-state index >= 15 is 0 Å². The molecular formula is C14H23NO2. The van der Waals surface area contributed by atoms with Gasteiger partial charge < -0.3 is 14.8 Å². The predicted octanol–water partition coefficient (Wildman–Crippen LogP) is 2.39. The Bertz CT molecular complexity index is 328. The van der Waals surface area contributed by atoms with E-state index in [1.54, 1.807) is 7.11 Å². The van der Waals surface area contributed by atoms with Crippen molar-refractivity contribution >= 4 is 0 Å². The summed E-state index contributed by atoms with van der Waals surface area (Å²) in [5.41, 5.74) is 1.22. The highest BCUT2D eigenvalue weighted by atomic mass is 16.5. The number of hydrogen-bond acceptors (Lipinski definition) is 3. The second kappa shape index (κ2) is 7.30. The van der Waals surface area contributed by atoms with Crippen LogP contribution in [0.1, 0.15) is 19.4 Å². The molecule has 3 nitrogen and oxygen atoms in total. The lowest BCUT2D eigenvalue weighted by Crippen LogP contribution is -2.38. The third-order valence-electron chi connectivity index (χ3n) is 2.90. The standard InChI is InChI=1S/C14H23NO2/c1-11-6-5-7-14(10-11)17-9-8-15-12(2)13(3)16-4/h5-7,10,12-13,15H,8-9H2,1-4H3. The molecule has 1 rings (SSSR count). The van der Waals surface area contributed by atoms with Crippen molar-refractivity contribution in [3.63, 3.8) is 0 Å². The SMILES string of the molecule is COC(C)C(C)NCCOc1cccc(C)c1. The van der Waals surface area contributed by atoms with E-state index < -0.39 is 0 Å². The summed E-state index contributed by atoms with van der Waals surface area (Å²) in [6.07, 6.45) is 0.217. The van der Waals surface area contributed by atoms with Crippen LogP contribution in [-0.2, 0) is 4.74 Å². The van der Waals surface area contributed by atoms with Crippen molar-refractivity contribution in [2.45, 2.75) is 32.9 Å². The maximum atomic E-state index is 5.65. The number of ether oxygens (including phenoxy) is 2. The molecule has 0 spiro atoms. The van der Waals surface area contributed by atoms with Gasteiger partial charge in [-0.25, -0.2) is 0 Å². The van der Waals surface area contributed by atoms with Gasteiger partial charge in [-0.3, -0.25) is 0 Å². The quantitative estimate of drug-likeness (QED) is 0.739. The lowest BCUT2D eigenvalue weighted by Gasteiger charge is -2.19. The van der Waals surface area contributed by atoms with E-state index in [0.717, 1.165) is 12.3 Å². The molecule has 0 amide bonds. The topological polar surface area (TPSA) is 30.5 Å². The van der Waals surface area contributed by atoms with Gasteiger partial charge in [0.25, 0.3) is 0 Å². The van der Waals surface area contributed by atoms with Gasteiger partial charge in [-0.05, 0) is 38.5 Å². The molecule has 0 radical (unpaired) electrons. The molecule has 17 heavy (non-hydrogen) atoms. The van der Waals surface area contributed by atoms with Crippen LogP contribution in [-0.4, -0.2) is 32.4 Å². The van der Waals surface area contributed by atoms with Gasteiger partial charge in [0.2, 0.25) is 0 Å². The zero-order chi connectivity index (χ0) is 12.7. The maximum Gasteiger partial charge on any atom is 0.119 e. The summed E-state index contributed by atoms with van der Waals surface area (Å²) in [6, 6.07) is 8.43. The third kappa shape index (κ3) is 5.20. The van der Waals surface area contributed by atoms with Gasteiger partial charge in [0.05, 0.1) is 6.10 Å². The highest BCUT2D eigenvalue weighted by Gasteiger charge is 2.09. The molecule has 0 aliphatic heterocycles. The van der Waals surface area contributed by atoms with E-state index in [0.29, 0.717) is 12.6 Å². The van der Waals surface area contributed by atoms with Crippen molar-refractivity contribution in [3.05, 3.63) is 29.8 Å². The van der Waals surface area contributed by atoms with Crippen molar-refractivity contribution < 1.29 is 9.47 Å². The van der Waals surface area contributed by atoms with Gasteiger partial charge >= 0.3 is 0 Å². The van der Waals surface area contributed by atoms with Crippen molar-refractivity contribution in [1.82, 2.24) is 5.32 Å². The van der Waals surface area contributed by atoms with E-state index in [2.05, 4.69) is 32.2 Å². The molecule has 0 aromatic heterocycles. The molecule has 1 aromatic rings. The fourth-order valence-corrected chi connectivity index (χ4v) is 1.53. The molecular weight excluding hydrogens is 214 g/mol. The molecule has 0 heterocycles. The number of benzene rings is 1. The van der Waals surface area contributed by atoms with Gasteiger partial charge in [-0.2, -0.15) is 0 Å². The molecule has 0 aliphatic rings. The minimum Gasteiger partial charge on any atom is -0.492 e. The Hall–Kier alpha value is -1.06. The van der Waals surface area contributed by atoms with E-state index in [9.17, 15) is 0 Å². The minimum atomic E-state index is 0.217. The van der Waals surface area contributed by atoms with Crippen LogP contribution in [0.2, 0.25) is 0 Å². The molecule has 2 unspecified atom stereocenters. The second-order valence-corrected chi connectivity index (χ2v) is 4.35. The summed E-state index contributed by atoms with van der Waals surface area (Å²) in [5, 5.41) is 3.37. The van der Waals surface area contributed by atoms with E-state index in [1.807, 2.05) is 18.2 Å². The monoisotopic (exact) mass is 237 g/mol. The van der Waals surface area contributed by atoms with Crippen LogP contribution >= 0.6 is 0 Å². The van der Waals surface area contributed by atoms with Crippen LogP contribution in [0.3, 0.4) is 0 Å². The highest BCUT2D eigenvalue weighted by molar-refractivity contribution is 5.27. The maximum absolute atomic E-state index is 5.65. The fraction of sp³-hybridized carbons (Fsp3) is 0.571. The summed E-state index contributed by atoms with van der Waals surface area (Å²) < 4.78 is 10.9. The summed E-state index contributed by atoms with van der Waals surface area (Å²) in [7, 11) is 1.73. The Balaban J connectivity index is 2.20. The average molecular weight is 237 g/mol.